The molecule has 0 radical (unpaired) electrons. The van der Waals surface area contributed by atoms with Gasteiger partial charge in [-0.1, -0.05) is 30.3 Å². The molecule has 2 heterocycles. The molecule has 2 amide bonds. The minimum absolute atomic E-state index is 0.0135. The average molecular weight is 421 g/mol. The summed E-state index contributed by atoms with van der Waals surface area (Å²) in [6.45, 7) is 6.46. The van der Waals surface area contributed by atoms with Crippen molar-refractivity contribution < 1.29 is 38.1 Å². The van der Waals surface area contributed by atoms with Crippen LogP contribution in [0.15, 0.2) is 30.3 Å². The fourth-order valence-corrected chi connectivity index (χ4v) is 3.65. The molecule has 2 saturated heterocycles. The predicted octanol–water partition coefficient (Wildman–Crippen LogP) is 2.02. The van der Waals surface area contributed by atoms with Gasteiger partial charge in [-0.15, -0.1) is 0 Å². The van der Waals surface area contributed by atoms with Crippen molar-refractivity contribution in [1.29, 1.82) is 0 Å². The molecule has 164 valence electrons. The summed E-state index contributed by atoms with van der Waals surface area (Å²) < 4.78 is 28.1. The van der Waals surface area contributed by atoms with Crippen LogP contribution in [0.2, 0.25) is 0 Å². The van der Waals surface area contributed by atoms with Gasteiger partial charge in [0.25, 0.3) is 0 Å². The summed E-state index contributed by atoms with van der Waals surface area (Å²) in [4.78, 5) is 37.3. The lowest BCUT2D eigenvalue weighted by molar-refractivity contribution is -0.181. The smallest absolute Gasteiger partial charge is 0.417 e. The largest absolute Gasteiger partial charge is 0.456 e. The summed E-state index contributed by atoms with van der Waals surface area (Å²) in [7, 11) is 0. The van der Waals surface area contributed by atoms with Crippen LogP contribution in [0.25, 0.3) is 0 Å². The van der Waals surface area contributed by atoms with Crippen molar-refractivity contribution in [2.24, 2.45) is 0 Å². The Bertz CT molecular complexity index is 780. The van der Waals surface area contributed by atoms with Crippen LogP contribution >= 0.6 is 0 Å². The van der Waals surface area contributed by atoms with E-state index >= 15 is 0 Å². The van der Waals surface area contributed by atoms with Gasteiger partial charge in [-0.25, -0.2) is 9.69 Å². The summed E-state index contributed by atoms with van der Waals surface area (Å²) in [6, 6.07) is 8.71. The van der Waals surface area contributed by atoms with Crippen molar-refractivity contribution in [3.05, 3.63) is 35.9 Å². The van der Waals surface area contributed by atoms with Gasteiger partial charge in [-0.2, -0.15) is 0 Å². The number of hydrogen-bond donors (Lipinski definition) is 0. The molecular weight excluding hydrogens is 394 g/mol. The molecule has 1 aromatic rings. The normalized spacial score (nSPS) is 26.3. The molecule has 0 unspecified atom stereocenters. The average Bonchev–Trinajstić information content (AvgIpc) is 3.19. The zero-order valence-electron chi connectivity index (χ0n) is 17.5. The number of ether oxygens (including phenoxy) is 5. The SMILES string of the molecule is CC(=O)O[C@H]([C@H]1OC(=O)N(C(C)=O)[C@@H]1COCc1ccccc1)[C@@H]1COC(C)(C)O1. The number of benzene rings is 1. The van der Waals surface area contributed by atoms with Crippen molar-refractivity contribution in [3.63, 3.8) is 0 Å². The number of carbonyl (C=O) groups is 3. The van der Waals surface area contributed by atoms with E-state index in [9.17, 15) is 14.4 Å². The molecule has 0 spiro atoms. The number of cyclic esters (lactones) is 1. The second kappa shape index (κ2) is 9.11. The maximum absolute atomic E-state index is 12.4. The first-order valence-corrected chi connectivity index (χ1v) is 9.79. The number of rotatable bonds is 7. The molecule has 0 bridgehead atoms. The van der Waals surface area contributed by atoms with Crippen molar-refractivity contribution in [2.75, 3.05) is 13.2 Å². The van der Waals surface area contributed by atoms with E-state index < -0.39 is 48.1 Å². The topological polar surface area (TPSA) is 101 Å². The van der Waals surface area contributed by atoms with E-state index in [1.54, 1.807) is 13.8 Å². The standard InChI is InChI=1S/C21H27NO8/c1-13(23)22-16(11-26-10-15-8-6-5-7-9-15)18(29-20(22)25)19(28-14(2)24)17-12-27-21(3,4)30-17/h5-9,16-19H,10-12H2,1-4H3/t16-,17+,18+,19+/m1/s1. The van der Waals surface area contributed by atoms with E-state index in [4.69, 9.17) is 23.7 Å². The van der Waals surface area contributed by atoms with Crippen molar-refractivity contribution in [1.82, 2.24) is 4.90 Å². The second-order valence-electron chi connectivity index (χ2n) is 7.75. The first-order valence-electron chi connectivity index (χ1n) is 9.79. The van der Waals surface area contributed by atoms with Gasteiger partial charge in [0.2, 0.25) is 5.91 Å². The molecule has 9 nitrogen and oxygen atoms in total. The quantitative estimate of drug-likeness (QED) is 0.617. The third-order valence-corrected chi connectivity index (χ3v) is 4.91. The molecule has 0 saturated carbocycles. The highest BCUT2D eigenvalue weighted by Crippen LogP contribution is 2.32. The molecule has 2 fully saturated rings. The Labute approximate surface area is 175 Å². The minimum atomic E-state index is -0.956. The summed E-state index contributed by atoms with van der Waals surface area (Å²) in [5.41, 5.74) is 0.944. The molecular formula is C21H27NO8. The Morgan fingerprint density at radius 3 is 2.50 bits per heavy atom. The molecule has 2 aliphatic rings. The van der Waals surface area contributed by atoms with E-state index in [1.165, 1.54) is 13.8 Å². The van der Waals surface area contributed by atoms with Gasteiger partial charge in [0.15, 0.2) is 18.0 Å². The Hall–Kier alpha value is -2.49. The molecule has 3 rings (SSSR count). The third kappa shape index (κ3) is 5.16. The maximum Gasteiger partial charge on any atom is 0.417 e. The van der Waals surface area contributed by atoms with Crippen molar-refractivity contribution in [2.45, 2.75) is 64.4 Å². The number of carbonyl (C=O) groups excluding carboxylic acids is 3. The minimum Gasteiger partial charge on any atom is -0.456 e. The van der Waals surface area contributed by atoms with Crippen LogP contribution in [0, 0.1) is 0 Å². The van der Waals surface area contributed by atoms with E-state index in [-0.39, 0.29) is 19.8 Å². The molecule has 0 N–H and O–H groups in total. The van der Waals surface area contributed by atoms with E-state index in [0.29, 0.717) is 0 Å². The van der Waals surface area contributed by atoms with Crippen molar-refractivity contribution >= 4 is 18.0 Å². The van der Waals surface area contributed by atoms with Crippen LogP contribution in [0.5, 0.6) is 0 Å². The highest BCUT2D eigenvalue weighted by molar-refractivity contribution is 5.92. The lowest BCUT2D eigenvalue weighted by atomic mass is 10.0. The summed E-state index contributed by atoms with van der Waals surface area (Å²) in [5.74, 6) is -1.92. The van der Waals surface area contributed by atoms with Crippen LogP contribution in [-0.2, 0) is 39.9 Å². The first kappa shape index (κ1) is 22.2. The lowest BCUT2D eigenvalue weighted by Crippen LogP contribution is -2.52. The van der Waals surface area contributed by atoms with Crippen LogP contribution in [-0.4, -0.2) is 66.2 Å². The summed E-state index contributed by atoms with van der Waals surface area (Å²) in [5, 5.41) is 0. The molecule has 0 aliphatic carbocycles. The Morgan fingerprint density at radius 1 is 1.23 bits per heavy atom. The zero-order chi connectivity index (χ0) is 21.9. The van der Waals surface area contributed by atoms with Gasteiger partial charge in [-0.3, -0.25) is 9.59 Å². The maximum atomic E-state index is 12.4. The van der Waals surface area contributed by atoms with Crippen LogP contribution in [0.4, 0.5) is 4.79 Å². The van der Waals surface area contributed by atoms with Gasteiger partial charge >= 0.3 is 12.1 Å². The van der Waals surface area contributed by atoms with Crippen LogP contribution < -0.4 is 0 Å². The summed E-state index contributed by atoms with van der Waals surface area (Å²) >= 11 is 0. The van der Waals surface area contributed by atoms with Gasteiger partial charge in [-0.05, 0) is 19.4 Å². The Morgan fingerprint density at radius 2 is 1.93 bits per heavy atom. The molecule has 0 aromatic heterocycles. The Kier molecular flexibility index (Phi) is 6.74. The number of imide groups is 1. The number of amides is 2. The molecule has 1 aromatic carbocycles. The van der Waals surface area contributed by atoms with Gasteiger partial charge in [0, 0.05) is 13.8 Å². The second-order valence-corrected chi connectivity index (χ2v) is 7.75. The fourth-order valence-electron chi connectivity index (χ4n) is 3.65. The molecule has 2 aliphatic heterocycles. The van der Waals surface area contributed by atoms with Crippen molar-refractivity contribution in [3.8, 4) is 0 Å². The molecule has 4 atom stereocenters. The number of hydrogen-bond acceptors (Lipinski definition) is 8. The molecule has 30 heavy (non-hydrogen) atoms. The zero-order valence-corrected chi connectivity index (χ0v) is 17.5. The van der Waals surface area contributed by atoms with E-state index in [2.05, 4.69) is 0 Å². The van der Waals surface area contributed by atoms with Gasteiger partial charge < -0.3 is 23.7 Å². The van der Waals surface area contributed by atoms with Gasteiger partial charge in [0.05, 0.1) is 19.8 Å². The lowest BCUT2D eigenvalue weighted by Gasteiger charge is -2.31. The van der Waals surface area contributed by atoms with Crippen LogP contribution in [0.3, 0.4) is 0 Å². The van der Waals surface area contributed by atoms with E-state index in [1.807, 2.05) is 30.3 Å². The highest BCUT2D eigenvalue weighted by atomic mass is 16.8. The number of nitrogens with zero attached hydrogens (tertiary/aromatic N) is 1. The fraction of sp³-hybridized carbons (Fsp3) is 0.571. The molecule has 9 heteroatoms. The Balaban J connectivity index is 1.79. The van der Waals surface area contributed by atoms with Gasteiger partial charge in [0.1, 0.15) is 12.1 Å². The summed E-state index contributed by atoms with van der Waals surface area (Å²) in [6.07, 6.45) is -3.38. The first-order chi connectivity index (χ1) is 14.2. The third-order valence-electron chi connectivity index (χ3n) is 4.91. The van der Waals surface area contributed by atoms with Crippen LogP contribution in [0.1, 0.15) is 33.3 Å². The predicted molar refractivity (Wildman–Crippen MR) is 103 cm³/mol. The van der Waals surface area contributed by atoms with E-state index in [0.717, 1.165) is 10.5 Å². The monoisotopic (exact) mass is 421 g/mol. The number of esters is 1. The highest BCUT2D eigenvalue weighted by Gasteiger charge is 2.53.